The van der Waals surface area contributed by atoms with Crippen molar-refractivity contribution in [3.8, 4) is 11.1 Å². The quantitative estimate of drug-likeness (QED) is 0.778. The zero-order valence-electron chi connectivity index (χ0n) is 16.9. The minimum Gasteiger partial charge on any atom is -0.460 e. The summed E-state index contributed by atoms with van der Waals surface area (Å²) in [6, 6.07) is 10.2. The fourth-order valence-electron chi connectivity index (χ4n) is 4.95. The summed E-state index contributed by atoms with van der Waals surface area (Å²) in [4.78, 5) is 16.8. The summed E-state index contributed by atoms with van der Waals surface area (Å²) >= 11 is 0. The topological polar surface area (TPSA) is 59.4 Å². The molecular formula is C24H26FNO3. The minimum absolute atomic E-state index is 0.00916. The molecule has 1 aliphatic heterocycles. The summed E-state index contributed by atoms with van der Waals surface area (Å²) in [5.41, 5.74) is 0.994. The van der Waals surface area contributed by atoms with Crippen molar-refractivity contribution in [2.45, 2.75) is 38.9 Å². The van der Waals surface area contributed by atoms with E-state index >= 15 is 0 Å². The molecule has 2 aliphatic rings. The Morgan fingerprint density at radius 3 is 2.69 bits per heavy atom. The Labute approximate surface area is 170 Å². The van der Waals surface area contributed by atoms with Crippen LogP contribution in [0, 0.1) is 29.5 Å². The molecule has 2 fully saturated rings. The van der Waals surface area contributed by atoms with E-state index in [1.165, 1.54) is 12.1 Å². The largest absolute Gasteiger partial charge is 0.460 e. The molecule has 1 saturated heterocycles. The zero-order valence-corrected chi connectivity index (χ0v) is 16.9. The van der Waals surface area contributed by atoms with Crippen LogP contribution >= 0.6 is 0 Å². The van der Waals surface area contributed by atoms with Crippen LogP contribution in [0.25, 0.3) is 17.2 Å². The number of carbonyl (C=O) groups excluding carboxylic acids is 1. The number of halogens is 1. The number of pyridine rings is 1. The number of aromatic nitrogens is 1. The minimum atomic E-state index is -1.41. The highest BCUT2D eigenvalue weighted by molar-refractivity contribution is 5.82. The summed E-state index contributed by atoms with van der Waals surface area (Å²) in [5, 5.41) is 11.0. The van der Waals surface area contributed by atoms with Gasteiger partial charge in [0.25, 0.3) is 0 Å². The lowest BCUT2D eigenvalue weighted by Gasteiger charge is -2.44. The molecule has 1 aromatic heterocycles. The lowest BCUT2D eigenvalue weighted by molar-refractivity contribution is -0.160. The van der Waals surface area contributed by atoms with E-state index in [0.29, 0.717) is 12.3 Å². The van der Waals surface area contributed by atoms with Crippen LogP contribution < -0.4 is 0 Å². The Balaban J connectivity index is 1.58. The first kappa shape index (κ1) is 19.8. The number of ether oxygens (including phenoxy) is 1. The van der Waals surface area contributed by atoms with Gasteiger partial charge in [0.1, 0.15) is 11.9 Å². The number of carbonyl (C=O) groups is 1. The van der Waals surface area contributed by atoms with Gasteiger partial charge in [-0.2, -0.15) is 0 Å². The van der Waals surface area contributed by atoms with Gasteiger partial charge >= 0.3 is 5.97 Å². The van der Waals surface area contributed by atoms with Gasteiger partial charge in [0, 0.05) is 17.7 Å². The Morgan fingerprint density at radius 2 is 2.00 bits per heavy atom. The first-order valence-electron chi connectivity index (χ1n) is 10.1. The van der Waals surface area contributed by atoms with E-state index in [0.717, 1.165) is 16.8 Å². The number of hydrogen-bond acceptors (Lipinski definition) is 4. The summed E-state index contributed by atoms with van der Waals surface area (Å²) in [5.74, 6) is -0.516. The van der Waals surface area contributed by atoms with Crippen molar-refractivity contribution >= 4 is 12.0 Å². The van der Waals surface area contributed by atoms with Gasteiger partial charge in [-0.25, -0.2) is 9.18 Å². The van der Waals surface area contributed by atoms with Crippen molar-refractivity contribution in [2.75, 3.05) is 0 Å². The van der Waals surface area contributed by atoms with Gasteiger partial charge in [0.05, 0.1) is 5.69 Å². The van der Waals surface area contributed by atoms with E-state index in [-0.39, 0.29) is 29.7 Å². The second-order valence-corrected chi connectivity index (χ2v) is 8.52. The Bertz CT molecular complexity index is 941. The normalized spacial score (nSPS) is 34.2. The van der Waals surface area contributed by atoms with Crippen molar-refractivity contribution in [1.29, 1.82) is 0 Å². The van der Waals surface area contributed by atoms with Gasteiger partial charge in [-0.05, 0) is 60.9 Å². The molecular weight excluding hydrogens is 369 g/mol. The lowest BCUT2D eigenvalue weighted by atomic mass is 9.60. The van der Waals surface area contributed by atoms with Gasteiger partial charge in [0.2, 0.25) is 0 Å². The summed E-state index contributed by atoms with van der Waals surface area (Å²) < 4.78 is 18.8. The standard InChI is InChI=1S/C24H26FNO3/c1-14-12-24(28)22(16(3)29-23(24)27)21(15(14)2)10-9-20-8-7-18(13-26-20)17-5-4-6-19(25)11-17/h4-11,13-16,21-22,28H,12H2,1-3H3/t14-,15+,16+,21-,22-,24-/m0/s1. The van der Waals surface area contributed by atoms with Crippen LogP contribution in [0.15, 0.2) is 48.7 Å². The summed E-state index contributed by atoms with van der Waals surface area (Å²) in [6.07, 6.45) is 5.83. The third kappa shape index (κ3) is 3.48. The number of aliphatic hydroxyl groups is 1. The van der Waals surface area contributed by atoms with E-state index in [1.807, 2.05) is 31.2 Å². The van der Waals surface area contributed by atoms with E-state index in [9.17, 15) is 14.3 Å². The second kappa shape index (κ2) is 7.38. The second-order valence-electron chi connectivity index (χ2n) is 8.52. The number of cyclic esters (lactones) is 1. The number of fused-ring (bicyclic) bond motifs is 1. The molecule has 1 aliphatic carbocycles. The molecule has 29 heavy (non-hydrogen) atoms. The molecule has 6 atom stereocenters. The van der Waals surface area contributed by atoms with Crippen molar-refractivity contribution in [1.82, 2.24) is 4.98 Å². The monoisotopic (exact) mass is 395 g/mol. The Kier molecular flexibility index (Phi) is 5.03. The van der Waals surface area contributed by atoms with Crippen molar-refractivity contribution in [3.63, 3.8) is 0 Å². The molecule has 1 saturated carbocycles. The number of nitrogens with zero attached hydrogens (tertiary/aromatic N) is 1. The molecule has 0 unspecified atom stereocenters. The van der Waals surface area contributed by atoms with Crippen LogP contribution in [0.1, 0.15) is 32.9 Å². The molecule has 1 N–H and O–H groups in total. The number of esters is 1. The molecule has 5 heteroatoms. The van der Waals surface area contributed by atoms with Crippen LogP contribution in [0.3, 0.4) is 0 Å². The molecule has 2 heterocycles. The number of hydrogen-bond donors (Lipinski definition) is 1. The highest BCUT2D eigenvalue weighted by Gasteiger charge is 2.61. The maximum Gasteiger partial charge on any atom is 0.338 e. The van der Waals surface area contributed by atoms with Crippen molar-refractivity contribution in [2.24, 2.45) is 23.7 Å². The van der Waals surface area contributed by atoms with E-state index in [4.69, 9.17) is 4.74 Å². The van der Waals surface area contributed by atoms with Crippen LogP contribution in [0.2, 0.25) is 0 Å². The van der Waals surface area contributed by atoms with E-state index in [1.54, 1.807) is 12.3 Å². The summed E-state index contributed by atoms with van der Waals surface area (Å²) in [7, 11) is 0. The Hall–Kier alpha value is -2.53. The number of benzene rings is 1. The molecule has 1 aromatic carbocycles. The van der Waals surface area contributed by atoms with Crippen LogP contribution in [-0.4, -0.2) is 27.8 Å². The molecule has 0 radical (unpaired) electrons. The van der Waals surface area contributed by atoms with Gasteiger partial charge in [-0.15, -0.1) is 0 Å². The van der Waals surface area contributed by atoms with Gasteiger partial charge in [-0.3, -0.25) is 4.98 Å². The van der Waals surface area contributed by atoms with Gasteiger partial charge < -0.3 is 9.84 Å². The Morgan fingerprint density at radius 1 is 1.21 bits per heavy atom. The zero-order chi connectivity index (χ0) is 20.8. The molecule has 2 aromatic rings. The van der Waals surface area contributed by atoms with Crippen LogP contribution in [0.5, 0.6) is 0 Å². The van der Waals surface area contributed by atoms with E-state index < -0.39 is 11.6 Å². The molecule has 0 bridgehead atoms. The highest BCUT2D eigenvalue weighted by atomic mass is 19.1. The third-order valence-electron chi connectivity index (χ3n) is 6.69. The first-order chi connectivity index (χ1) is 13.8. The average molecular weight is 395 g/mol. The predicted molar refractivity (Wildman–Crippen MR) is 109 cm³/mol. The highest BCUT2D eigenvalue weighted by Crippen LogP contribution is 2.51. The number of allylic oxidation sites excluding steroid dienone is 1. The average Bonchev–Trinajstić information content (AvgIpc) is 2.91. The smallest absolute Gasteiger partial charge is 0.338 e. The molecule has 0 amide bonds. The fraction of sp³-hybridized carbons (Fsp3) is 0.417. The lowest BCUT2D eigenvalue weighted by Crippen LogP contribution is -2.52. The predicted octanol–water partition coefficient (Wildman–Crippen LogP) is 4.49. The molecule has 0 spiro atoms. The molecule has 152 valence electrons. The van der Waals surface area contributed by atoms with Crippen LogP contribution in [-0.2, 0) is 9.53 Å². The molecule has 4 nitrogen and oxygen atoms in total. The maximum absolute atomic E-state index is 13.4. The van der Waals surface area contributed by atoms with Crippen LogP contribution in [0.4, 0.5) is 4.39 Å². The molecule has 4 rings (SSSR count). The summed E-state index contributed by atoms with van der Waals surface area (Å²) in [6.45, 7) is 6.09. The number of rotatable bonds is 3. The van der Waals surface area contributed by atoms with Crippen molar-refractivity contribution in [3.05, 3.63) is 60.2 Å². The van der Waals surface area contributed by atoms with E-state index in [2.05, 4.69) is 24.9 Å². The van der Waals surface area contributed by atoms with Gasteiger partial charge in [0.15, 0.2) is 5.60 Å². The third-order valence-corrected chi connectivity index (χ3v) is 6.69. The first-order valence-corrected chi connectivity index (χ1v) is 10.1. The van der Waals surface area contributed by atoms with Crippen molar-refractivity contribution < 1.29 is 19.0 Å². The SMILES string of the molecule is C[C@H]1[C@H](C=Cc2ccc(-c3cccc(F)c3)cn2)[C@@H]2[C@@H](C)OC(=O)[C@]2(O)C[C@@H]1C. The van der Waals surface area contributed by atoms with Gasteiger partial charge in [-0.1, -0.05) is 38.1 Å². The maximum atomic E-state index is 13.4. The fourth-order valence-corrected chi connectivity index (χ4v) is 4.95.